The highest BCUT2D eigenvalue weighted by molar-refractivity contribution is 6.35. The molecule has 1 amide bonds. The molecule has 0 unspecified atom stereocenters. The lowest BCUT2D eigenvalue weighted by Gasteiger charge is -2.17. The molecular formula is C14H13Cl2N3O2. The van der Waals surface area contributed by atoms with E-state index in [0.29, 0.717) is 16.6 Å². The Hall–Kier alpha value is -1.85. The molecule has 2 aromatic rings. The fourth-order valence-corrected chi connectivity index (χ4v) is 2.26. The van der Waals surface area contributed by atoms with Crippen molar-refractivity contribution in [2.45, 2.75) is 6.54 Å². The number of hydrogen-bond acceptors (Lipinski definition) is 3. The third-order valence-electron chi connectivity index (χ3n) is 2.95. The smallest absolute Gasteiger partial charge is 0.274 e. The summed E-state index contributed by atoms with van der Waals surface area (Å²) in [6, 6.07) is 7.82. The van der Waals surface area contributed by atoms with Crippen LogP contribution in [0.15, 0.2) is 35.1 Å². The van der Waals surface area contributed by atoms with E-state index >= 15 is 0 Å². The van der Waals surface area contributed by atoms with E-state index in [1.54, 1.807) is 25.2 Å². The van der Waals surface area contributed by atoms with Crippen LogP contribution in [0.1, 0.15) is 16.1 Å². The molecule has 0 bridgehead atoms. The van der Waals surface area contributed by atoms with Gasteiger partial charge in [0.2, 0.25) is 0 Å². The topological polar surface area (TPSA) is 55.2 Å². The first-order chi connectivity index (χ1) is 9.88. The number of nitrogens with zero attached hydrogens (tertiary/aromatic N) is 3. The van der Waals surface area contributed by atoms with Crippen LogP contribution in [0.3, 0.4) is 0 Å². The zero-order valence-electron chi connectivity index (χ0n) is 11.5. The van der Waals surface area contributed by atoms with Gasteiger partial charge in [-0.3, -0.25) is 9.59 Å². The molecule has 1 heterocycles. The summed E-state index contributed by atoms with van der Waals surface area (Å²) >= 11 is 11.9. The van der Waals surface area contributed by atoms with E-state index in [1.165, 1.54) is 24.1 Å². The molecule has 0 aliphatic carbocycles. The van der Waals surface area contributed by atoms with Crippen molar-refractivity contribution < 1.29 is 4.79 Å². The summed E-state index contributed by atoms with van der Waals surface area (Å²) in [5, 5.41) is 4.97. The molecule has 5 nitrogen and oxygen atoms in total. The van der Waals surface area contributed by atoms with Crippen molar-refractivity contribution >= 4 is 29.1 Å². The minimum Gasteiger partial charge on any atom is -0.336 e. The Bertz CT molecular complexity index is 743. The van der Waals surface area contributed by atoms with Gasteiger partial charge in [-0.1, -0.05) is 29.3 Å². The highest BCUT2D eigenvalue weighted by atomic mass is 35.5. The molecule has 0 radical (unpaired) electrons. The van der Waals surface area contributed by atoms with Crippen LogP contribution in [0, 0.1) is 0 Å². The zero-order chi connectivity index (χ0) is 15.6. The van der Waals surface area contributed by atoms with Gasteiger partial charge in [0.05, 0.1) is 0 Å². The van der Waals surface area contributed by atoms with Crippen molar-refractivity contribution in [2.24, 2.45) is 7.05 Å². The van der Waals surface area contributed by atoms with Crippen molar-refractivity contribution in [3.8, 4) is 0 Å². The quantitative estimate of drug-likeness (QED) is 0.870. The third kappa shape index (κ3) is 3.62. The van der Waals surface area contributed by atoms with E-state index in [2.05, 4.69) is 5.10 Å². The highest BCUT2D eigenvalue weighted by Gasteiger charge is 2.15. The van der Waals surface area contributed by atoms with Crippen LogP contribution in [0.25, 0.3) is 0 Å². The van der Waals surface area contributed by atoms with E-state index in [9.17, 15) is 9.59 Å². The minimum atomic E-state index is -0.295. The van der Waals surface area contributed by atoms with E-state index in [1.807, 2.05) is 0 Å². The standard InChI is InChI=1S/C14H13Cl2N3O2/c1-18(8-9-3-4-10(15)7-11(9)16)14(21)12-5-6-13(20)19(2)17-12/h3-7H,8H2,1-2H3. The molecule has 1 aromatic heterocycles. The first kappa shape index (κ1) is 15.5. The van der Waals surface area contributed by atoms with Crippen molar-refractivity contribution in [1.82, 2.24) is 14.7 Å². The first-order valence-corrected chi connectivity index (χ1v) is 6.88. The molecule has 110 valence electrons. The normalized spacial score (nSPS) is 10.5. The maximum absolute atomic E-state index is 12.3. The Kier molecular flexibility index (Phi) is 4.65. The zero-order valence-corrected chi connectivity index (χ0v) is 13.0. The second-order valence-electron chi connectivity index (χ2n) is 4.58. The average molecular weight is 326 g/mol. The van der Waals surface area contributed by atoms with E-state index in [4.69, 9.17) is 23.2 Å². The monoisotopic (exact) mass is 325 g/mol. The maximum atomic E-state index is 12.3. The van der Waals surface area contributed by atoms with Crippen LogP contribution in [0.2, 0.25) is 10.0 Å². The van der Waals surface area contributed by atoms with Gasteiger partial charge in [-0.2, -0.15) is 5.10 Å². The number of aryl methyl sites for hydroxylation is 1. The summed E-state index contributed by atoms with van der Waals surface area (Å²) in [4.78, 5) is 25.0. The fraction of sp³-hybridized carbons (Fsp3) is 0.214. The molecule has 0 spiro atoms. The molecule has 0 fully saturated rings. The van der Waals surface area contributed by atoms with Gasteiger partial charge in [0.1, 0.15) is 5.69 Å². The van der Waals surface area contributed by atoms with Gasteiger partial charge in [0, 0.05) is 36.8 Å². The molecule has 0 N–H and O–H groups in total. The summed E-state index contributed by atoms with van der Waals surface area (Å²) in [5.74, 6) is -0.295. The fourth-order valence-electron chi connectivity index (χ4n) is 1.79. The van der Waals surface area contributed by atoms with Crippen molar-refractivity contribution in [3.63, 3.8) is 0 Å². The number of carbonyl (C=O) groups excluding carboxylic acids is 1. The Labute approximate surface area is 131 Å². The molecule has 1 aromatic carbocycles. The molecule has 0 aliphatic rings. The second kappa shape index (κ2) is 6.28. The lowest BCUT2D eigenvalue weighted by Crippen LogP contribution is -2.30. The van der Waals surface area contributed by atoms with Crippen LogP contribution in [-0.4, -0.2) is 27.6 Å². The van der Waals surface area contributed by atoms with Crippen molar-refractivity contribution in [1.29, 1.82) is 0 Å². The molecular weight excluding hydrogens is 313 g/mol. The van der Waals surface area contributed by atoms with Gasteiger partial charge in [0.25, 0.3) is 11.5 Å². The lowest BCUT2D eigenvalue weighted by molar-refractivity contribution is 0.0776. The molecule has 0 aliphatic heterocycles. The van der Waals surface area contributed by atoms with E-state index < -0.39 is 0 Å². The van der Waals surface area contributed by atoms with Gasteiger partial charge in [-0.05, 0) is 23.8 Å². The SMILES string of the molecule is CN(Cc1ccc(Cl)cc1Cl)C(=O)c1ccc(=O)n(C)n1. The second-order valence-corrected chi connectivity index (χ2v) is 5.42. The summed E-state index contributed by atoms with van der Waals surface area (Å²) in [6.07, 6.45) is 0. The molecule has 0 saturated heterocycles. The summed E-state index contributed by atoms with van der Waals surface area (Å²) < 4.78 is 1.12. The van der Waals surface area contributed by atoms with Crippen molar-refractivity contribution in [3.05, 3.63) is 62.0 Å². The average Bonchev–Trinajstić information content (AvgIpc) is 2.44. The molecule has 0 saturated carbocycles. The molecule has 7 heteroatoms. The van der Waals surface area contributed by atoms with Crippen LogP contribution in [0.4, 0.5) is 0 Å². The van der Waals surface area contributed by atoms with Gasteiger partial charge in [-0.15, -0.1) is 0 Å². The number of amides is 1. The maximum Gasteiger partial charge on any atom is 0.274 e. The van der Waals surface area contributed by atoms with Crippen LogP contribution < -0.4 is 5.56 Å². The Balaban J connectivity index is 2.19. The Morgan fingerprint density at radius 1 is 1.29 bits per heavy atom. The Morgan fingerprint density at radius 2 is 2.00 bits per heavy atom. The van der Waals surface area contributed by atoms with Gasteiger partial charge >= 0.3 is 0 Å². The number of rotatable bonds is 3. The Morgan fingerprint density at radius 3 is 2.62 bits per heavy atom. The molecule has 0 atom stereocenters. The molecule has 21 heavy (non-hydrogen) atoms. The summed E-state index contributed by atoms with van der Waals surface area (Å²) in [6.45, 7) is 0.319. The van der Waals surface area contributed by atoms with Crippen molar-refractivity contribution in [2.75, 3.05) is 7.05 Å². The highest BCUT2D eigenvalue weighted by Crippen LogP contribution is 2.22. The number of aromatic nitrogens is 2. The van der Waals surface area contributed by atoms with E-state index in [0.717, 1.165) is 10.2 Å². The number of halogens is 2. The lowest BCUT2D eigenvalue weighted by atomic mass is 10.2. The molecule has 2 rings (SSSR count). The first-order valence-electron chi connectivity index (χ1n) is 6.12. The van der Waals surface area contributed by atoms with Crippen LogP contribution in [-0.2, 0) is 13.6 Å². The predicted octanol–water partition coefficient (Wildman–Crippen LogP) is 2.36. The summed E-state index contributed by atoms with van der Waals surface area (Å²) in [7, 11) is 3.13. The predicted molar refractivity (Wildman–Crippen MR) is 81.7 cm³/mol. The minimum absolute atomic E-state index is 0.199. The largest absolute Gasteiger partial charge is 0.336 e. The van der Waals surface area contributed by atoms with Gasteiger partial charge in [-0.25, -0.2) is 4.68 Å². The number of hydrogen-bond donors (Lipinski definition) is 0. The van der Waals surface area contributed by atoms with Gasteiger partial charge in [0.15, 0.2) is 0 Å². The third-order valence-corrected chi connectivity index (χ3v) is 3.54. The summed E-state index contributed by atoms with van der Waals surface area (Å²) in [5.41, 5.74) is 0.710. The number of carbonyl (C=O) groups is 1. The number of benzene rings is 1. The van der Waals surface area contributed by atoms with E-state index in [-0.39, 0.29) is 17.2 Å². The van der Waals surface area contributed by atoms with Gasteiger partial charge < -0.3 is 4.90 Å². The van der Waals surface area contributed by atoms with Crippen LogP contribution >= 0.6 is 23.2 Å². The van der Waals surface area contributed by atoms with Crippen LogP contribution in [0.5, 0.6) is 0 Å².